The van der Waals surface area contributed by atoms with E-state index in [0.29, 0.717) is 11.6 Å². The van der Waals surface area contributed by atoms with Crippen molar-refractivity contribution in [2.24, 2.45) is 4.99 Å². The molecular weight excluding hydrogens is 376 g/mol. The van der Waals surface area contributed by atoms with Crippen molar-refractivity contribution >= 4 is 44.5 Å². The maximum Gasteiger partial charge on any atom is 0.239 e. The maximum absolute atomic E-state index is 12.1. The fraction of sp³-hybridized carbons (Fsp3) is 0.176. The summed E-state index contributed by atoms with van der Waals surface area (Å²) >= 11 is 4.86. The van der Waals surface area contributed by atoms with Gasteiger partial charge in [0, 0.05) is 4.47 Å². The lowest BCUT2D eigenvalue weighted by atomic mass is 10.1. The molecule has 0 radical (unpaired) electrons. The van der Waals surface area contributed by atoms with Gasteiger partial charge < -0.3 is 10.1 Å². The molecule has 4 nitrogen and oxygen atoms in total. The smallest absolute Gasteiger partial charge is 0.239 e. The normalized spacial score (nSPS) is 19.0. The van der Waals surface area contributed by atoms with Crippen molar-refractivity contribution in [3.05, 3.63) is 58.6 Å². The summed E-state index contributed by atoms with van der Waals surface area (Å²) in [5.41, 5.74) is 1.92. The molecule has 6 heteroatoms. The molecular formula is C17H15BrN2O2S. The van der Waals surface area contributed by atoms with Crippen molar-refractivity contribution in [1.82, 2.24) is 5.32 Å². The van der Waals surface area contributed by atoms with Crippen LogP contribution in [0.1, 0.15) is 5.56 Å². The summed E-state index contributed by atoms with van der Waals surface area (Å²) in [6.45, 7) is 0. The first kappa shape index (κ1) is 16.1. The van der Waals surface area contributed by atoms with E-state index in [1.165, 1.54) is 11.8 Å². The van der Waals surface area contributed by atoms with Crippen LogP contribution < -0.4 is 10.1 Å². The zero-order valence-corrected chi connectivity index (χ0v) is 14.9. The Bertz CT molecular complexity index is 729. The third kappa shape index (κ3) is 4.14. The van der Waals surface area contributed by atoms with Gasteiger partial charge in [-0.3, -0.25) is 4.79 Å². The van der Waals surface area contributed by atoms with Crippen molar-refractivity contribution in [2.45, 2.75) is 11.7 Å². The van der Waals surface area contributed by atoms with Crippen LogP contribution in [0.3, 0.4) is 0 Å². The van der Waals surface area contributed by atoms with Gasteiger partial charge in [-0.15, -0.1) is 0 Å². The Morgan fingerprint density at radius 2 is 1.87 bits per heavy atom. The Morgan fingerprint density at radius 1 is 1.17 bits per heavy atom. The van der Waals surface area contributed by atoms with E-state index in [1.807, 2.05) is 48.5 Å². The first-order valence-corrected chi connectivity index (χ1v) is 8.76. The minimum absolute atomic E-state index is 0.00156. The number of hydrogen-bond acceptors (Lipinski definition) is 4. The minimum atomic E-state index is -0.155. The third-order valence-corrected chi connectivity index (χ3v) is 5.02. The number of carbonyl (C=O) groups is 1. The molecule has 2 aromatic carbocycles. The van der Waals surface area contributed by atoms with E-state index in [2.05, 4.69) is 26.2 Å². The molecule has 2 aromatic rings. The van der Waals surface area contributed by atoms with E-state index >= 15 is 0 Å². The number of benzene rings is 2. The molecule has 118 valence electrons. The van der Waals surface area contributed by atoms with Crippen LogP contribution in [-0.2, 0) is 11.2 Å². The van der Waals surface area contributed by atoms with E-state index in [-0.39, 0.29) is 11.2 Å². The van der Waals surface area contributed by atoms with E-state index in [9.17, 15) is 4.79 Å². The number of methoxy groups -OCH3 is 1. The monoisotopic (exact) mass is 390 g/mol. The molecule has 1 heterocycles. The van der Waals surface area contributed by atoms with Crippen LogP contribution in [0.5, 0.6) is 5.75 Å². The van der Waals surface area contributed by atoms with Gasteiger partial charge in [0.25, 0.3) is 0 Å². The van der Waals surface area contributed by atoms with Gasteiger partial charge in [-0.25, -0.2) is 4.99 Å². The molecule has 1 saturated heterocycles. The minimum Gasteiger partial charge on any atom is -0.497 e. The molecule has 3 rings (SSSR count). The number of amides is 1. The van der Waals surface area contributed by atoms with Crippen LogP contribution >= 0.6 is 27.7 Å². The van der Waals surface area contributed by atoms with Crippen LogP contribution in [0.4, 0.5) is 5.69 Å². The summed E-state index contributed by atoms with van der Waals surface area (Å²) in [6.07, 6.45) is 0.667. The lowest BCUT2D eigenvalue weighted by Crippen LogP contribution is -2.25. The summed E-state index contributed by atoms with van der Waals surface area (Å²) in [7, 11) is 1.64. The summed E-state index contributed by atoms with van der Waals surface area (Å²) in [5, 5.41) is 3.34. The van der Waals surface area contributed by atoms with Crippen LogP contribution in [0, 0.1) is 0 Å². The van der Waals surface area contributed by atoms with E-state index < -0.39 is 0 Å². The average molecular weight is 391 g/mol. The zero-order valence-electron chi connectivity index (χ0n) is 12.5. The molecule has 1 fully saturated rings. The van der Waals surface area contributed by atoms with Gasteiger partial charge in [0.15, 0.2) is 5.17 Å². The number of aliphatic imine (C=N–C) groups is 1. The summed E-state index contributed by atoms with van der Waals surface area (Å²) in [6, 6.07) is 15.4. The highest BCUT2D eigenvalue weighted by atomic mass is 79.9. The van der Waals surface area contributed by atoms with E-state index in [4.69, 9.17) is 4.74 Å². The van der Waals surface area contributed by atoms with Crippen LogP contribution in [0.25, 0.3) is 0 Å². The topological polar surface area (TPSA) is 50.7 Å². The first-order valence-electron chi connectivity index (χ1n) is 7.09. The highest BCUT2D eigenvalue weighted by molar-refractivity contribution is 9.10. The Kier molecular flexibility index (Phi) is 5.03. The molecule has 1 aliphatic rings. The molecule has 0 aromatic heterocycles. The Labute approximate surface area is 147 Å². The fourth-order valence-corrected chi connectivity index (χ4v) is 3.49. The second-order valence-corrected chi connectivity index (χ2v) is 7.15. The van der Waals surface area contributed by atoms with E-state index in [1.54, 1.807) is 7.11 Å². The van der Waals surface area contributed by atoms with Crippen molar-refractivity contribution in [3.63, 3.8) is 0 Å². The highest BCUT2D eigenvalue weighted by Gasteiger charge is 2.30. The number of thioether (sulfide) groups is 1. The summed E-state index contributed by atoms with van der Waals surface area (Å²) in [4.78, 5) is 16.6. The predicted octanol–water partition coefficient (Wildman–Crippen LogP) is 3.92. The van der Waals surface area contributed by atoms with Crippen molar-refractivity contribution in [1.29, 1.82) is 0 Å². The number of nitrogens with zero attached hydrogens (tertiary/aromatic N) is 1. The fourth-order valence-electron chi connectivity index (χ4n) is 2.20. The molecule has 1 aliphatic heterocycles. The van der Waals surface area contributed by atoms with Crippen molar-refractivity contribution in [2.75, 3.05) is 7.11 Å². The number of ether oxygens (including phenoxy) is 1. The van der Waals surface area contributed by atoms with Gasteiger partial charge in [-0.05, 0) is 48.4 Å². The molecule has 1 amide bonds. The van der Waals surface area contributed by atoms with Gasteiger partial charge in [0.05, 0.1) is 18.0 Å². The van der Waals surface area contributed by atoms with Crippen molar-refractivity contribution < 1.29 is 9.53 Å². The number of amidine groups is 1. The SMILES string of the molecule is COc1ccc(CC2SC(=Nc3ccc(Br)cc3)NC2=O)cc1. The first-order chi connectivity index (χ1) is 11.1. The number of carbonyl (C=O) groups excluding carboxylic acids is 1. The summed E-state index contributed by atoms with van der Waals surface area (Å²) < 4.78 is 6.15. The molecule has 1 N–H and O–H groups in total. The molecule has 0 aliphatic carbocycles. The standard InChI is InChI=1S/C17H15BrN2O2S/c1-22-14-8-2-11(3-9-14)10-15-16(21)20-17(23-15)19-13-6-4-12(18)5-7-13/h2-9,15H,10H2,1H3,(H,19,20,21). The molecule has 0 bridgehead atoms. The second-order valence-electron chi connectivity index (χ2n) is 5.04. The molecule has 1 atom stereocenters. The van der Waals surface area contributed by atoms with E-state index in [0.717, 1.165) is 21.5 Å². The second kappa shape index (κ2) is 7.19. The third-order valence-electron chi connectivity index (χ3n) is 3.41. The number of nitrogens with one attached hydrogen (secondary N) is 1. The van der Waals surface area contributed by atoms with Gasteiger partial charge in [0.1, 0.15) is 5.75 Å². The van der Waals surface area contributed by atoms with Crippen LogP contribution in [-0.4, -0.2) is 23.4 Å². The number of rotatable bonds is 4. The maximum atomic E-state index is 12.1. The van der Waals surface area contributed by atoms with Gasteiger partial charge >= 0.3 is 0 Å². The van der Waals surface area contributed by atoms with Crippen LogP contribution in [0.15, 0.2) is 58.0 Å². The number of halogens is 1. The average Bonchev–Trinajstić information content (AvgIpc) is 2.90. The quantitative estimate of drug-likeness (QED) is 0.860. The largest absolute Gasteiger partial charge is 0.497 e. The highest BCUT2D eigenvalue weighted by Crippen LogP contribution is 2.26. The Balaban J connectivity index is 1.68. The number of hydrogen-bond donors (Lipinski definition) is 1. The molecule has 0 spiro atoms. The zero-order chi connectivity index (χ0) is 16.2. The van der Waals surface area contributed by atoms with Crippen molar-refractivity contribution in [3.8, 4) is 5.75 Å². The van der Waals surface area contributed by atoms with Crippen LogP contribution in [0.2, 0.25) is 0 Å². The Hall–Kier alpha value is -1.79. The molecule has 0 saturated carbocycles. The van der Waals surface area contributed by atoms with Gasteiger partial charge in [-0.2, -0.15) is 0 Å². The van der Waals surface area contributed by atoms with Gasteiger partial charge in [0.2, 0.25) is 5.91 Å². The lowest BCUT2D eigenvalue weighted by molar-refractivity contribution is -0.118. The molecule has 23 heavy (non-hydrogen) atoms. The Morgan fingerprint density at radius 3 is 2.52 bits per heavy atom. The summed E-state index contributed by atoms with van der Waals surface area (Å²) in [5.74, 6) is 0.816. The van der Waals surface area contributed by atoms with Gasteiger partial charge in [-0.1, -0.05) is 39.8 Å². The predicted molar refractivity (Wildman–Crippen MR) is 97.5 cm³/mol. The lowest BCUT2D eigenvalue weighted by Gasteiger charge is -2.06. The molecule has 1 unspecified atom stereocenters.